The molecule has 0 amide bonds. The van der Waals surface area contributed by atoms with Gasteiger partial charge in [-0.05, 0) is 65.7 Å². The van der Waals surface area contributed by atoms with Gasteiger partial charge in [-0.25, -0.2) is 4.98 Å². The average Bonchev–Trinajstić information content (AvgIpc) is 3.17. The molecule has 5 rings (SSSR count). The van der Waals surface area contributed by atoms with Crippen molar-refractivity contribution in [1.29, 1.82) is 0 Å². The van der Waals surface area contributed by atoms with Crippen LogP contribution in [0.25, 0.3) is 16.7 Å². The SMILES string of the molecule is COc1ccc(C2=C[C@@H](c3ccc(OC)cc3)n3c(nc4ccccc43)N2)cc1. The van der Waals surface area contributed by atoms with Crippen LogP contribution in [0.1, 0.15) is 17.2 Å². The number of imidazole rings is 1. The number of aromatic nitrogens is 2. The largest absolute Gasteiger partial charge is 0.497 e. The molecular formula is C24H21N3O2. The molecule has 144 valence electrons. The highest BCUT2D eigenvalue weighted by molar-refractivity contribution is 5.85. The first-order valence-electron chi connectivity index (χ1n) is 9.51. The third-order valence-electron chi connectivity index (χ3n) is 5.30. The molecule has 1 atom stereocenters. The van der Waals surface area contributed by atoms with E-state index in [0.717, 1.165) is 39.7 Å². The van der Waals surface area contributed by atoms with Crippen LogP contribution in [0.3, 0.4) is 0 Å². The number of nitrogens with zero attached hydrogens (tertiary/aromatic N) is 2. The van der Waals surface area contributed by atoms with Crippen molar-refractivity contribution < 1.29 is 9.47 Å². The summed E-state index contributed by atoms with van der Waals surface area (Å²) < 4.78 is 12.9. The lowest BCUT2D eigenvalue weighted by molar-refractivity contribution is 0.414. The van der Waals surface area contributed by atoms with Crippen molar-refractivity contribution >= 4 is 22.7 Å². The second-order valence-corrected chi connectivity index (χ2v) is 6.95. The van der Waals surface area contributed by atoms with Crippen molar-refractivity contribution in [1.82, 2.24) is 9.55 Å². The first-order chi connectivity index (χ1) is 14.3. The summed E-state index contributed by atoms with van der Waals surface area (Å²) in [5.74, 6) is 2.52. The normalized spacial score (nSPS) is 15.4. The van der Waals surface area contributed by atoms with Gasteiger partial charge in [-0.3, -0.25) is 4.57 Å². The molecule has 0 bridgehead atoms. The van der Waals surface area contributed by atoms with Crippen molar-refractivity contribution in [3.05, 3.63) is 90.0 Å². The van der Waals surface area contributed by atoms with Crippen molar-refractivity contribution in [3.8, 4) is 11.5 Å². The van der Waals surface area contributed by atoms with Crippen molar-refractivity contribution in [3.63, 3.8) is 0 Å². The first-order valence-corrected chi connectivity index (χ1v) is 9.51. The Morgan fingerprint density at radius 2 is 1.48 bits per heavy atom. The predicted molar refractivity (Wildman–Crippen MR) is 115 cm³/mol. The van der Waals surface area contributed by atoms with Crippen LogP contribution in [-0.4, -0.2) is 23.8 Å². The van der Waals surface area contributed by atoms with Crippen LogP contribution in [0.2, 0.25) is 0 Å². The van der Waals surface area contributed by atoms with Gasteiger partial charge in [-0.15, -0.1) is 0 Å². The number of nitrogens with one attached hydrogen (secondary N) is 1. The fraction of sp³-hybridized carbons (Fsp3) is 0.125. The molecular weight excluding hydrogens is 362 g/mol. The average molecular weight is 383 g/mol. The molecule has 0 saturated heterocycles. The molecule has 1 aliphatic rings. The fourth-order valence-electron chi connectivity index (χ4n) is 3.79. The number of para-hydroxylation sites is 2. The monoisotopic (exact) mass is 383 g/mol. The van der Waals surface area contributed by atoms with Gasteiger partial charge in [-0.2, -0.15) is 0 Å². The van der Waals surface area contributed by atoms with Gasteiger partial charge in [0, 0.05) is 5.70 Å². The maximum atomic E-state index is 5.33. The molecule has 5 heteroatoms. The highest BCUT2D eigenvalue weighted by Crippen LogP contribution is 2.37. The summed E-state index contributed by atoms with van der Waals surface area (Å²) in [6.45, 7) is 0. The molecule has 1 aliphatic heterocycles. The Morgan fingerprint density at radius 1 is 0.828 bits per heavy atom. The number of hydrogen-bond acceptors (Lipinski definition) is 4. The summed E-state index contributed by atoms with van der Waals surface area (Å²) in [6, 6.07) is 24.5. The van der Waals surface area contributed by atoms with Crippen LogP contribution in [0, 0.1) is 0 Å². The minimum atomic E-state index is 0.0154. The summed E-state index contributed by atoms with van der Waals surface area (Å²) in [5, 5.41) is 3.51. The maximum Gasteiger partial charge on any atom is 0.209 e. The van der Waals surface area contributed by atoms with E-state index in [1.165, 1.54) is 5.56 Å². The Kier molecular flexibility index (Phi) is 4.21. The molecule has 3 aromatic carbocycles. The van der Waals surface area contributed by atoms with E-state index in [1.807, 2.05) is 42.5 Å². The van der Waals surface area contributed by atoms with E-state index >= 15 is 0 Å². The Labute approximate surface area is 169 Å². The predicted octanol–water partition coefficient (Wildman–Crippen LogP) is 5.11. The van der Waals surface area contributed by atoms with Gasteiger partial charge in [0.15, 0.2) is 0 Å². The lowest BCUT2D eigenvalue weighted by Crippen LogP contribution is -2.19. The van der Waals surface area contributed by atoms with E-state index in [9.17, 15) is 0 Å². The minimum absolute atomic E-state index is 0.0154. The molecule has 0 spiro atoms. The number of hydrogen-bond donors (Lipinski definition) is 1. The molecule has 1 aromatic heterocycles. The Morgan fingerprint density at radius 3 is 2.17 bits per heavy atom. The minimum Gasteiger partial charge on any atom is -0.497 e. The molecule has 5 nitrogen and oxygen atoms in total. The van der Waals surface area contributed by atoms with Gasteiger partial charge in [0.1, 0.15) is 11.5 Å². The second kappa shape index (κ2) is 7.02. The van der Waals surface area contributed by atoms with Crippen molar-refractivity contribution in [2.45, 2.75) is 6.04 Å². The number of fused-ring (bicyclic) bond motifs is 3. The summed E-state index contributed by atoms with van der Waals surface area (Å²) >= 11 is 0. The van der Waals surface area contributed by atoms with E-state index < -0.39 is 0 Å². The van der Waals surface area contributed by atoms with E-state index in [2.05, 4.69) is 46.3 Å². The Hall–Kier alpha value is -3.73. The van der Waals surface area contributed by atoms with Crippen LogP contribution < -0.4 is 14.8 Å². The van der Waals surface area contributed by atoms with Gasteiger partial charge < -0.3 is 14.8 Å². The van der Waals surface area contributed by atoms with Crippen LogP contribution >= 0.6 is 0 Å². The zero-order valence-corrected chi connectivity index (χ0v) is 16.3. The highest BCUT2D eigenvalue weighted by Gasteiger charge is 2.25. The number of allylic oxidation sites excluding steroid dienone is 1. The summed E-state index contributed by atoms with van der Waals surface area (Å²) in [6.07, 6.45) is 2.24. The number of rotatable bonds is 4. The van der Waals surface area contributed by atoms with E-state index in [4.69, 9.17) is 14.5 Å². The van der Waals surface area contributed by atoms with Crippen LogP contribution in [0.5, 0.6) is 11.5 Å². The second-order valence-electron chi connectivity index (χ2n) is 6.95. The van der Waals surface area contributed by atoms with Crippen molar-refractivity contribution in [2.24, 2.45) is 0 Å². The zero-order valence-electron chi connectivity index (χ0n) is 16.3. The molecule has 0 unspecified atom stereocenters. The van der Waals surface area contributed by atoms with Gasteiger partial charge in [0.25, 0.3) is 0 Å². The van der Waals surface area contributed by atoms with Gasteiger partial charge in [-0.1, -0.05) is 24.3 Å². The summed E-state index contributed by atoms with van der Waals surface area (Å²) in [4.78, 5) is 4.83. The molecule has 2 heterocycles. The summed E-state index contributed by atoms with van der Waals surface area (Å²) in [5.41, 5.74) is 5.35. The smallest absolute Gasteiger partial charge is 0.209 e. The van der Waals surface area contributed by atoms with Crippen LogP contribution in [-0.2, 0) is 0 Å². The van der Waals surface area contributed by atoms with Crippen molar-refractivity contribution in [2.75, 3.05) is 19.5 Å². The fourth-order valence-corrected chi connectivity index (χ4v) is 3.79. The molecule has 0 saturated carbocycles. The van der Waals surface area contributed by atoms with Gasteiger partial charge >= 0.3 is 0 Å². The lowest BCUT2D eigenvalue weighted by Gasteiger charge is -2.26. The maximum absolute atomic E-state index is 5.33. The third-order valence-corrected chi connectivity index (χ3v) is 5.30. The number of methoxy groups -OCH3 is 2. The number of anilines is 1. The Bertz CT molecular complexity index is 1190. The molecule has 1 N–H and O–H groups in total. The van der Waals surface area contributed by atoms with E-state index in [-0.39, 0.29) is 6.04 Å². The zero-order chi connectivity index (χ0) is 19.8. The Balaban J connectivity index is 1.66. The highest BCUT2D eigenvalue weighted by atomic mass is 16.5. The molecule has 4 aromatic rings. The standard InChI is InChI=1S/C24H21N3O2/c1-28-18-11-7-16(8-12-18)21-15-23(17-9-13-19(29-2)14-10-17)27-22-6-4-3-5-20(22)25-24(27)26-21/h3-15,23H,1-2H3,(H,25,26)/t23-/m0/s1. The van der Waals surface area contributed by atoms with Gasteiger partial charge in [0.05, 0.1) is 31.3 Å². The third kappa shape index (κ3) is 3.01. The van der Waals surface area contributed by atoms with Crippen LogP contribution in [0.4, 0.5) is 5.95 Å². The first kappa shape index (κ1) is 17.4. The number of benzene rings is 3. The lowest BCUT2D eigenvalue weighted by atomic mass is 10.0. The molecule has 0 radical (unpaired) electrons. The van der Waals surface area contributed by atoms with Crippen LogP contribution in [0.15, 0.2) is 78.9 Å². The van der Waals surface area contributed by atoms with E-state index in [1.54, 1.807) is 14.2 Å². The number of ether oxygens (including phenoxy) is 2. The van der Waals surface area contributed by atoms with E-state index in [0.29, 0.717) is 0 Å². The summed E-state index contributed by atoms with van der Waals surface area (Å²) in [7, 11) is 3.36. The quantitative estimate of drug-likeness (QED) is 0.532. The van der Waals surface area contributed by atoms with Gasteiger partial charge in [0.2, 0.25) is 5.95 Å². The molecule has 0 aliphatic carbocycles. The topological polar surface area (TPSA) is 48.3 Å². The molecule has 29 heavy (non-hydrogen) atoms. The molecule has 0 fully saturated rings.